The monoisotopic (exact) mass is 458 g/mol. The summed E-state index contributed by atoms with van der Waals surface area (Å²) in [6, 6.07) is 9.62. The Labute approximate surface area is 193 Å². The molecule has 9 nitrogen and oxygen atoms in total. The molecule has 178 valence electrons. The van der Waals surface area contributed by atoms with E-state index >= 15 is 0 Å². The lowest BCUT2D eigenvalue weighted by atomic mass is 9.85. The zero-order valence-electron chi connectivity index (χ0n) is 18.1. The van der Waals surface area contributed by atoms with E-state index in [9.17, 15) is 19.5 Å². The van der Waals surface area contributed by atoms with Gasteiger partial charge in [-0.2, -0.15) is 0 Å². The molecule has 0 spiro atoms. The molecule has 1 aromatic carbocycles. The molecule has 0 saturated carbocycles. The number of aromatic nitrogens is 1. The maximum Gasteiger partial charge on any atom is 0.332 e. The lowest BCUT2D eigenvalue weighted by Crippen LogP contribution is -2.46. The molecule has 1 aromatic heterocycles. The highest BCUT2D eigenvalue weighted by molar-refractivity contribution is 5.98. The number of aromatic hydroxyl groups is 1. The van der Waals surface area contributed by atoms with Gasteiger partial charge in [-0.05, 0) is 18.9 Å². The summed E-state index contributed by atoms with van der Waals surface area (Å²) >= 11 is 0. The largest absolute Gasteiger partial charge is 0.503 e. The van der Waals surface area contributed by atoms with Crippen LogP contribution in [-0.2, 0) is 25.5 Å². The number of cyclic esters (lactones) is 2. The van der Waals surface area contributed by atoms with Crippen LogP contribution in [0.2, 0.25) is 0 Å². The standard InChI is InChI=1S/C23H26N2O7.CH4/c1-13-14(2)32-23(29)17(25-21(27)19-20(26)18(30-3)9-10-24-19)12-31-22(28)16(13)11-15-7-5-4-6-8-15;/h4-10,13-14,16-17,26H,11-12H2,1-3H3,(H,25,27);1H4/t13-,14-,16+,17-;/m0./s1. The summed E-state index contributed by atoms with van der Waals surface area (Å²) in [6.45, 7) is 3.12. The molecule has 1 aliphatic heterocycles. The minimum Gasteiger partial charge on any atom is -0.503 e. The third kappa shape index (κ3) is 6.00. The summed E-state index contributed by atoms with van der Waals surface area (Å²) in [5, 5.41) is 12.6. The molecule has 3 rings (SSSR count). The summed E-state index contributed by atoms with van der Waals surface area (Å²) < 4.78 is 15.9. The maximum absolute atomic E-state index is 12.9. The Kier molecular flexibility index (Phi) is 8.78. The first-order valence-electron chi connectivity index (χ1n) is 10.3. The second kappa shape index (κ2) is 11.3. The number of methoxy groups -OCH3 is 1. The van der Waals surface area contributed by atoms with Crippen LogP contribution >= 0.6 is 0 Å². The minimum absolute atomic E-state index is 0. The number of carbonyl (C=O) groups excluding carboxylic acids is 3. The van der Waals surface area contributed by atoms with Crippen molar-refractivity contribution in [2.75, 3.05) is 13.7 Å². The van der Waals surface area contributed by atoms with E-state index in [1.54, 1.807) is 6.92 Å². The number of ether oxygens (including phenoxy) is 3. The van der Waals surface area contributed by atoms with Crippen LogP contribution in [0.25, 0.3) is 0 Å². The summed E-state index contributed by atoms with van der Waals surface area (Å²) in [4.78, 5) is 42.0. The van der Waals surface area contributed by atoms with Gasteiger partial charge in [0.05, 0.1) is 13.0 Å². The van der Waals surface area contributed by atoms with Crippen molar-refractivity contribution in [2.24, 2.45) is 11.8 Å². The van der Waals surface area contributed by atoms with Crippen molar-refractivity contribution in [2.45, 2.75) is 39.8 Å². The van der Waals surface area contributed by atoms with Gasteiger partial charge in [-0.25, -0.2) is 9.78 Å². The highest BCUT2D eigenvalue weighted by Gasteiger charge is 2.37. The van der Waals surface area contributed by atoms with E-state index < -0.39 is 48.3 Å². The van der Waals surface area contributed by atoms with Crippen LogP contribution in [-0.4, -0.2) is 53.8 Å². The van der Waals surface area contributed by atoms with Gasteiger partial charge in [-0.3, -0.25) is 9.59 Å². The zero-order chi connectivity index (χ0) is 23.3. The predicted molar refractivity (Wildman–Crippen MR) is 120 cm³/mol. The average molecular weight is 459 g/mol. The molecule has 1 amide bonds. The number of hydrogen-bond acceptors (Lipinski definition) is 8. The number of esters is 2. The fraction of sp³-hybridized carbons (Fsp3) is 0.417. The summed E-state index contributed by atoms with van der Waals surface area (Å²) in [7, 11) is 1.33. The minimum atomic E-state index is -1.26. The molecule has 1 saturated heterocycles. The fourth-order valence-corrected chi connectivity index (χ4v) is 3.49. The van der Waals surface area contributed by atoms with Crippen LogP contribution in [0.15, 0.2) is 42.6 Å². The molecular weight excluding hydrogens is 428 g/mol. The van der Waals surface area contributed by atoms with E-state index in [0.29, 0.717) is 6.42 Å². The maximum atomic E-state index is 12.9. The molecule has 9 heteroatoms. The Morgan fingerprint density at radius 3 is 2.55 bits per heavy atom. The van der Waals surface area contributed by atoms with Gasteiger partial charge in [0.15, 0.2) is 23.2 Å². The van der Waals surface area contributed by atoms with Crippen LogP contribution < -0.4 is 10.1 Å². The van der Waals surface area contributed by atoms with E-state index in [4.69, 9.17) is 14.2 Å². The second-order valence-corrected chi connectivity index (χ2v) is 7.66. The van der Waals surface area contributed by atoms with Crippen molar-refractivity contribution < 1.29 is 33.7 Å². The normalized spacial score (nSPS) is 23.0. The number of pyridine rings is 1. The first kappa shape index (κ1) is 25.6. The summed E-state index contributed by atoms with van der Waals surface area (Å²) in [5.41, 5.74) is 0.634. The van der Waals surface area contributed by atoms with Crippen molar-refractivity contribution in [3.63, 3.8) is 0 Å². The highest BCUT2D eigenvalue weighted by Crippen LogP contribution is 2.28. The van der Waals surface area contributed by atoms with Crippen molar-refractivity contribution in [1.29, 1.82) is 0 Å². The molecule has 0 radical (unpaired) electrons. The Hall–Kier alpha value is -3.62. The molecule has 0 bridgehead atoms. The molecule has 0 aliphatic carbocycles. The molecule has 1 aliphatic rings. The van der Waals surface area contributed by atoms with Gasteiger partial charge >= 0.3 is 11.9 Å². The van der Waals surface area contributed by atoms with E-state index in [1.165, 1.54) is 19.4 Å². The number of hydrogen-bond donors (Lipinski definition) is 2. The van der Waals surface area contributed by atoms with Crippen molar-refractivity contribution in [1.82, 2.24) is 10.3 Å². The third-order valence-corrected chi connectivity index (χ3v) is 5.58. The second-order valence-electron chi connectivity index (χ2n) is 7.66. The number of nitrogens with zero attached hydrogens (tertiary/aromatic N) is 1. The number of carbonyl (C=O) groups is 3. The molecule has 2 N–H and O–H groups in total. The van der Waals surface area contributed by atoms with Gasteiger partial charge < -0.3 is 24.6 Å². The van der Waals surface area contributed by atoms with Gasteiger partial charge in [-0.15, -0.1) is 0 Å². The first-order valence-corrected chi connectivity index (χ1v) is 10.3. The highest BCUT2D eigenvalue weighted by atomic mass is 16.6. The van der Waals surface area contributed by atoms with E-state index in [2.05, 4.69) is 10.3 Å². The Morgan fingerprint density at radius 2 is 1.88 bits per heavy atom. The molecule has 1 fully saturated rings. The Balaban J connectivity index is 0.00000385. The summed E-state index contributed by atoms with van der Waals surface area (Å²) in [5.74, 6) is -3.31. The molecule has 2 aromatic rings. The van der Waals surface area contributed by atoms with Crippen LogP contribution in [0.5, 0.6) is 11.5 Å². The number of amides is 1. The number of nitrogens with one attached hydrogen (secondary N) is 1. The number of rotatable bonds is 5. The van der Waals surface area contributed by atoms with Gasteiger partial charge in [0, 0.05) is 18.2 Å². The van der Waals surface area contributed by atoms with Gasteiger partial charge in [-0.1, -0.05) is 44.7 Å². The van der Waals surface area contributed by atoms with Gasteiger partial charge in [0.2, 0.25) is 0 Å². The SMILES string of the molecule is C.COc1ccnc(C(=O)N[C@H]2COC(=O)[C@H](Cc3ccccc3)[C@@H](C)[C@H](C)OC2=O)c1O. The van der Waals surface area contributed by atoms with Crippen LogP contribution in [0.1, 0.15) is 37.3 Å². The Morgan fingerprint density at radius 1 is 1.18 bits per heavy atom. The molecule has 2 heterocycles. The molecular formula is C24H30N2O7. The predicted octanol–water partition coefficient (Wildman–Crippen LogP) is 2.51. The number of benzene rings is 1. The summed E-state index contributed by atoms with van der Waals surface area (Å²) in [6.07, 6.45) is 1.12. The zero-order valence-corrected chi connectivity index (χ0v) is 18.1. The van der Waals surface area contributed by atoms with Crippen LogP contribution in [0, 0.1) is 11.8 Å². The van der Waals surface area contributed by atoms with Crippen LogP contribution in [0.4, 0.5) is 0 Å². The Bertz CT molecular complexity index is 980. The molecule has 0 unspecified atom stereocenters. The lowest BCUT2D eigenvalue weighted by molar-refractivity contribution is -0.153. The van der Waals surface area contributed by atoms with Crippen molar-refractivity contribution in [3.8, 4) is 11.5 Å². The van der Waals surface area contributed by atoms with Crippen molar-refractivity contribution >= 4 is 17.8 Å². The smallest absolute Gasteiger partial charge is 0.332 e. The molecule has 33 heavy (non-hydrogen) atoms. The van der Waals surface area contributed by atoms with Gasteiger partial charge in [0.1, 0.15) is 12.7 Å². The van der Waals surface area contributed by atoms with E-state index in [-0.39, 0.29) is 24.8 Å². The van der Waals surface area contributed by atoms with Crippen molar-refractivity contribution in [3.05, 3.63) is 53.9 Å². The lowest BCUT2D eigenvalue weighted by Gasteiger charge is -2.26. The first-order chi connectivity index (χ1) is 15.3. The van der Waals surface area contributed by atoms with E-state index in [0.717, 1.165) is 5.56 Å². The fourth-order valence-electron chi connectivity index (χ4n) is 3.49. The van der Waals surface area contributed by atoms with Crippen LogP contribution in [0.3, 0.4) is 0 Å². The quantitative estimate of drug-likeness (QED) is 0.655. The third-order valence-electron chi connectivity index (χ3n) is 5.58. The average Bonchev–Trinajstić information content (AvgIpc) is 2.82. The van der Waals surface area contributed by atoms with Gasteiger partial charge in [0.25, 0.3) is 5.91 Å². The topological polar surface area (TPSA) is 124 Å². The molecule has 4 atom stereocenters. The van der Waals surface area contributed by atoms with E-state index in [1.807, 2.05) is 37.3 Å².